The maximum atomic E-state index is 14.2. The summed E-state index contributed by atoms with van der Waals surface area (Å²) in [5, 5.41) is 2.50. The first-order chi connectivity index (χ1) is 13.9. The molecule has 0 bridgehead atoms. The number of amides is 3. The fourth-order valence-corrected chi connectivity index (χ4v) is 3.52. The summed E-state index contributed by atoms with van der Waals surface area (Å²) in [4.78, 5) is 26.4. The lowest BCUT2D eigenvalue weighted by Crippen LogP contribution is -2.41. The lowest BCUT2D eigenvalue weighted by atomic mass is 9.91. The number of hydrogen-bond acceptors (Lipinski definition) is 2. The molecule has 0 radical (unpaired) electrons. The first kappa shape index (κ1) is 18.8. The van der Waals surface area contributed by atoms with Crippen LogP contribution in [0, 0.1) is 11.6 Å². The third kappa shape index (κ3) is 3.38. The molecule has 1 aliphatic rings. The zero-order valence-corrected chi connectivity index (χ0v) is 15.7. The van der Waals surface area contributed by atoms with E-state index in [4.69, 9.17) is 0 Å². The molecule has 0 aliphatic carbocycles. The molecule has 3 aromatic rings. The fourth-order valence-electron chi connectivity index (χ4n) is 3.52. The summed E-state index contributed by atoms with van der Waals surface area (Å²) in [5.74, 6) is -2.06. The molecular formula is C23H18F2N2O2. The van der Waals surface area contributed by atoms with E-state index in [1.165, 1.54) is 6.92 Å². The normalized spacial score (nSPS) is 18.8. The first-order valence-corrected chi connectivity index (χ1v) is 9.12. The SMILES string of the molecule is C[C@@]1(c2cc(F)ccc2F)NC(=O)N(Cc2ccc(-c3ccccc3)cc2)C1=O. The molecule has 29 heavy (non-hydrogen) atoms. The maximum absolute atomic E-state index is 14.2. The minimum absolute atomic E-state index is 0.0340. The maximum Gasteiger partial charge on any atom is 0.325 e. The Kier molecular flexibility index (Phi) is 4.62. The van der Waals surface area contributed by atoms with Crippen molar-refractivity contribution >= 4 is 11.9 Å². The van der Waals surface area contributed by atoms with Gasteiger partial charge in [0.15, 0.2) is 0 Å². The number of halogens is 2. The predicted molar refractivity (Wildman–Crippen MR) is 105 cm³/mol. The van der Waals surface area contributed by atoms with Crippen LogP contribution in [-0.2, 0) is 16.9 Å². The lowest BCUT2D eigenvalue weighted by Gasteiger charge is -2.23. The lowest BCUT2D eigenvalue weighted by molar-refractivity contribution is -0.131. The smallest absolute Gasteiger partial charge is 0.319 e. The van der Waals surface area contributed by atoms with Gasteiger partial charge in [-0.2, -0.15) is 0 Å². The van der Waals surface area contributed by atoms with E-state index in [0.29, 0.717) is 0 Å². The molecule has 1 atom stereocenters. The third-order valence-corrected chi connectivity index (χ3v) is 5.14. The van der Waals surface area contributed by atoms with Gasteiger partial charge in [-0.05, 0) is 41.8 Å². The van der Waals surface area contributed by atoms with E-state index in [9.17, 15) is 18.4 Å². The van der Waals surface area contributed by atoms with Crippen LogP contribution in [0.4, 0.5) is 13.6 Å². The van der Waals surface area contributed by atoms with Crippen molar-refractivity contribution in [3.63, 3.8) is 0 Å². The monoisotopic (exact) mass is 392 g/mol. The molecule has 1 N–H and O–H groups in total. The van der Waals surface area contributed by atoms with Crippen LogP contribution in [0.25, 0.3) is 11.1 Å². The van der Waals surface area contributed by atoms with Crippen LogP contribution in [0.1, 0.15) is 18.1 Å². The van der Waals surface area contributed by atoms with Crippen molar-refractivity contribution in [3.8, 4) is 11.1 Å². The second kappa shape index (κ2) is 7.13. The van der Waals surface area contributed by atoms with E-state index in [1.54, 1.807) is 0 Å². The van der Waals surface area contributed by atoms with E-state index in [1.807, 2.05) is 54.6 Å². The van der Waals surface area contributed by atoms with Gasteiger partial charge in [-0.1, -0.05) is 54.6 Å². The Morgan fingerprint density at radius 3 is 2.24 bits per heavy atom. The topological polar surface area (TPSA) is 49.4 Å². The molecule has 3 aromatic carbocycles. The van der Waals surface area contributed by atoms with Crippen LogP contribution in [-0.4, -0.2) is 16.8 Å². The van der Waals surface area contributed by atoms with E-state index >= 15 is 0 Å². The van der Waals surface area contributed by atoms with E-state index in [2.05, 4.69) is 5.32 Å². The predicted octanol–water partition coefficient (Wildman–Crippen LogP) is 4.60. The number of nitrogens with zero attached hydrogens (tertiary/aromatic N) is 1. The highest BCUT2D eigenvalue weighted by Gasteiger charge is 2.50. The van der Waals surface area contributed by atoms with Gasteiger partial charge in [0.2, 0.25) is 0 Å². The van der Waals surface area contributed by atoms with Crippen LogP contribution in [0.5, 0.6) is 0 Å². The Morgan fingerprint density at radius 1 is 0.897 bits per heavy atom. The highest BCUT2D eigenvalue weighted by atomic mass is 19.1. The Bertz CT molecular complexity index is 1080. The molecule has 146 valence electrons. The Morgan fingerprint density at radius 2 is 1.55 bits per heavy atom. The van der Waals surface area contributed by atoms with Gasteiger partial charge in [0.1, 0.15) is 17.2 Å². The first-order valence-electron chi connectivity index (χ1n) is 9.12. The van der Waals surface area contributed by atoms with Crippen molar-refractivity contribution in [1.82, 2.24) is 10.2 Å². The average molecular weight is 392 g/mol. The fraction of sp³-hybridized carbons (Fsp3) is 0.130. The molecule has 0 saturated carbocycles. The van der Waals surface area contributed by atoms with Gasteiger partial charge in [-0.15, -0.1) is 0 Å². The Hall–Kier alpha value is -3.54. The largest absolute Gasteiger partial charge is 0.325 e. The van der Waals surface area contributed by atoms with Crippen molar-refractivity contribution in [2.75, 3.05) is 0 Å². The van der Waals surface area contributed by atoms with Crippen LogP contribution in [0.3, 0.4) is 0 Å². The van der Waals surface area contributed by atoms with E-state index in [0.717, 1.165) is 39.8 Å². The van der Waals surface area contributed by atoms with Gasteiger partial charge in [0, 0.05) is 5.56 Å². The summed E-state index contributed by atoms with van der Waals surface area (Å²) in [6.45, 7) is 1.41. The second-order valence-electron chi connectivity index (χ2n) is 7.13. The van der Waals surface area contributed by atoms with Gasteiger partial charge in [0.25, 0.3) is 5.91 Å². The number of urea groups is 1. The van der Waals surface area contributed by atoms with E-state index < -0.39 is 29.1 Å². The molecule has 0 unspecified atom stereocenters. The zero-order valence-electron chi connectivity index (χ0n) is 15.7. The number of carbonyl (C=O) groups excluding carboxylic acids is 2. The molecule has 1 heterocycles. The number of benzene rings is 3. The zero-order chi connectivity index (χ0) is 20.6. The average Bonchev–Trinajstić information content (AvgIpc) is 2.95. The van der Waals surface area contributed by atoms with Crippen molar-refractivity contribution in [2.24, 2.45) is 0 Å². The standard InChI is InChI=1S/C23H18F2N2O2/c1-23(19-13-18(24)11-12-20(19)25)21(28)27(22(29)26-23)14-15-7-9-17(10-8-15)16-5-3-2-4-6-16/h2-13H,14H2,1H3,(H,26,29)/t23-/m0/s1. The van der Waals surface area contributed by atoms with Gasteiger partial charge in [-0.25, -0.2) is 13.6 Å². The van der Waals surface area contributed by atoms with Crippen molar-refractivity contribution in [3.05, 3.63) is 95.6 Å². The minimum Gasteiger partial charge on any atom is -0.319 e. The molecule has 0 spiro atoms. The molecule has 0 aromatic heterocycles. The van der Waals surface area contributed by atoms with Crippen molar-refractivity contribution < 1.29 is 18.4 Å². The minimum atomic E-state index is -1.66. The Labute approximate surface area is 166 Å². The summed E-state index contributed by atoms with van der Waals surface area (Å²) in [6.07, 6.45) is 0. The summed E-state index contributed by atoms with van der Waals surface area (Å²) >= 11 is 0. The molecule has 4 rings (SSSR count). The van der Waals surface area contributed by atoms with Gasteiger partial charge < -0.3 is 5.32 Å². The van der Waals surface area contributed by atoms with Crippen molar-refractivity contribution in [2.45, 2.75) is 19.0 Å². The highest BCUT2D eigenvalue weighted by Crippen LogP contribution is 2.32. The number of carbonyl (C=O) groups is 2. The number of imide groups is 1. The molecule has 6 heteroatoms. The molecule has 1 saturated heterocycles. The molecule has 1 aliphatic heterocycles. The van der Waals surface area contributed by atoms with Crippen LogP contribution >= 0.6 is 0 Å². The van der Waals surface area contributed by atoms with Crippen LogP contribution < -0.4 is 5.32 Å². The van der Waals surface area contributed by atoms with Gasteiger partial charge in [0.05, 0.1) is 6.54 Å². The Balaban J connectivity index is 1.58. The van der Waals surface area contributed by atoms with Gasteiger partial charge >= 0.3 is 6.03 Å². The quantitative estimate of drug-likeness (QED) is 0.660. The van der Waals surface area contributed by atoms with Crippen molar-refractivity contribution in [1.29, 1.82) is 0 Å². The number of hydrogen-bond donors (Lipinski definition) is 1. The number of rotatable bonds is 4. The van der Waals surface area contributed by atoms with Gasteiger partial charge in [-0.3, -0.25) is 9.69 Å². The summed E-state index contributed by atoms with van der Waals surface area (Å²) < 4.78 is 27.9. The number of nitrogens with one attached hydrogen (secondary N) is 1. The van der Waals surface area contributed by atoms with Crippen LogP contribution in [0.2, 0.25) is 0 Å². The second-order valence-corrected chi connectivity index (χ2v) is 7.13. The highest BCUT2D eigenvalue weighted by molar-refractivity contribution is 6.07. The summed E-state index contributed by atoms with van der Waals surface area (Å²) in [6, 6.07) is 19.5. The molecular weight excluding hydrogens is 374 g/mol. The molecule has 4 nitrogen and oxygen atoms in total. The van der Waals surface area contributed by atoms with Crippen LogP contribution in [0.15, 0.2) is 72.8 Å². The summed E-state index contributed by atoms with van der Waals surface area (Å²) in [5.41, 5.74) is 0.962. The van der Waals surface area contributed by atoms with E-state index in [-0.39, 0.29) is 12.1 Å². The third-order valence-electron chi connectivity index (χ3n) is 5.14. The summed E-state index contributed by atoms with van der Waals surface area (Å²) in [7, 11) is 0. The molecule has 1 fully saturated rings. The molecule has 3 amide bonds.